The molecule has 1 heterocycles. The Bertz CT molecular complexity index is 878. The molecule has 3 N–H and O–H groups in total. The van der Waals surface area contributed by atoms with Crippen LogP contribution < -0.4 is 0 Å². The number of hydrogen-bond donors (Lipinski definition) is 3. The summed E-state index contributed by atoms with van der Waals surface area (Å²) in [5, 5.41) is 28.1. The van der Waals surface area contributed by atoms with Crippen LogP contribution in [0.5, 0.6) is 0 Å². The van der Waals surface area contributed by atoms with E-state index in [4.69, 9.17) is 15.1 Å². The smallest absolute Gasteiger partial charge is 0.350 e. The summed E-state index contributed by atoms with van der Waals surface area (Å²) < 4.78 is 0. The molecule has 1 saturated heterocycles. The van der Waals surface area contributed by atoms with Crippen molar-refractivity contribution in [1.82, 2.24) is 5.06 Å². The van der Waals surface area contributed by atoms with Gasteiger partial charge in [0.2, 0.25) is 0 Å². The SMILES string of the molecule is O=C(O)CCCCCCCCCCCCCC(CCCCCCCCCCCCCC(=O)O)(C(=O)O)C(=O)ON1C(=O)CCC1=O. The highest BCUT2D eigenvalue weighted by Gasteiger charge is 2.49. The van der Waals surface area contributed by atoms with Gasteiger partial charge in [-0.05, 0) is 25.7 Å². The zero-order chi connectivity index (χ0) is 34.0. The van der Waals surface area contributed by atoms with Gasteiger partial charge < -0.3 is 20.2 Å². The molecule has 1 aliphatic rings. The number of amides is 2. The number of unbranched alkanes of at least 4 members (excludes halogenated alkanes) is 20. The minimum Gasteiger partial charge on any atom is -0.481 e. The Hall–Kier alpha value is -2.98. The Balaban J connectivity index is 2.42. The minimum absolute atomic E-state index is 0.0539. The van der Waals surface area contributed by atoms with Crippen molar-refractivity contribution in [2.75, 3.05) is 0 Å². The predicted octanol–water partition coefficient (Wildman–Crippen LogP) is 7.98. The Morgan fingerprint density at radius 1 is 0.500 bits per heavy atom. The van der Waals surface area contributed by atoms with Crippen LogP contribution >= 0.6 is 0 Å². The molecule has 0 aromatic carbocycles. The number of carbonyl (C=O) groups is 6. The van der Waals surface area contributed by atoms with Gasteiger partial charge in [-0.15, -0.1) is 5.06 Å². The summed E-state index contributed by atoms with van der Waals surface area (Å²) in [6.45, 7) is 0. The summed E-state index contributed by atoms with van der Waals surface area (Å²) in [4.78, 5) is 76.2. The van der Waals surface area contributed by atoms with E-state index < -0.39 is 41.1 Å². The number of hydrogen-bond acceptors (Lipinski definition) is 7. The molecule has 0 radical (unpaired) electrons. The first-order valence-electron chi connectivity index (χ1n) is 17.9. The second-order valence-corrected chi connectivity index (χ2v) is 12.9. The van der Waals surface area contributed by atoms with E-state index in [9.17, 15) is 33.9 Å². The Kier molecular flexibility index (Phi) is 22.4. The molecule has 0 bridgehead atoms. The van der Waals surface area contributed by atoms with Gasteiger partial charge in [-0.1, -0.05) is 128 Å². The standard InChI is InChI=1S/C35H59NO10/c37-29-25-26-30(38)36(29)46-34(45)35(33(43)44,27-21-17-13-9-5-1-3-7-11-15-19-23-31(39)40)28-22-18-14-10-6-2-4-8-12-16-20-24-32(41)42/h1-28H2,(H,39,40)(H,41,42)(H,43,44). The van der Waals surface area contributed by atoms with Crippen molar-refractivity contribution in [2.24, 2.45) is 5.41 Å². The zero-order valence-corrected chi connectivity index (χ0v) is 27.9. The molecule has 1 aliphatic heterocycles. The number of imide groups is 1. The average molecular weight is 654 g/mol. The molecular weight excluding hydrogens is 594 g/mol. The van der Waals surface area contributed by atoms with Gasteiger partial charge in [0.15, 0.2) is 5.41 Å². The number of rotatable bonds is 31. The van der Waals surface area contributed by atoms with Gasteiger partial charge in [0.05, 0.1) is 0 Å². The van der Waals surface area contributed by atoms with Crippen LogP contribution in [0.15, 0.2) is 0 Å². The first-order chi connectivity index (χ1) is 22.1. The van der Waals surface area contributed by atoms with E-state index in [1.165, 1.54) is 0 Å². The number of aliphatic carboxylic acids is 3. The summed E-state index contributed by atoms with van der Waals surface area (Å²) in [5.74, 6) is -5.05. The molecule has 11 heteroatoms. The second kappa shape index (κ2) is 25.2. The van der Waals surface area contributed by atoms with Crippen LogP contribution in [0.25, 0.3) is 0 Å². The van der Waals surface area contributed by atoms with Crippen LogP contribution in [0, 0.1) is 5.41 Å². The van der Waals surface area contributed by atoms with E-state index >= 15 is 0 Å². The minimum atomic E-state index is -1.80. The fraction of sp³-hybridized carbons (Fsp3) is 0.829. The van der Waals surface area contributed by atoms with Crippen LogP contribution in [0.2, 0.25) is 0 Å². The topological polar surface area (TPSA) is 176 Å². The van der Waals surface area contributed by atoms with E-state index in [2.05, 4.69) is 0 Å². The number of carbonyl (C=O) groups excluding carboxylic acids is 3. The van der Waals surface area contributed by atoms with Crippen LogP contribution in [0.1, 0.15) is 180 Å². The van der Waals surface area contributed by atoms with E-state index in [0.717, 1.165) is 128 Å². The number of nitrogens with zero attached hydrogens (tertiary/aromatic N) is 1. The molecule has 0 atom stereocenters. The molecule has 0 unspecified atom stereocenters. The molecule has 46 heavy (non-hydrogen) atoms. The fourth-order valence-corrected chi connectivity index (χ4v) is 6.05. The average Bonchev–Trinajstić information content (AvgIpc) is 3.32. The molecule has 0 saturated carbocycles. The molecule has 11 nitrogen and oxygen atoms in total. The lowest BCUT2D eigenvalue weighted by Crippen LogP contribution is -2.45. The van der Waals surface area contributed by atoms with E-state index in [0.29, 0.717) is 17.9 Å². The highest BCUT2D eigenvalue weighted by atomic mass is 16.7. The van der Waals surface area contributed by atoms with Crippen molar-refractivity contribution < 1.29 is 48.9 Å². The second-order valence-electron chi connectivity index (χ2n) is 12.9. The van der Waals surface area contributed by atoms with Crippen molar-refractivity contribution in [1.29, 1.82) is 0 Å². The quantitative estimate of drug-likeness (QED) is 0.0378. The van der Waals surface area contributed by atoms with Crippen molar-refractivity contribution in [3.05, 3.63) is 0 Å². The lowest BCUT2D eigenvalue weighted by Gasteiger charge is -2.28. The largest absolute Gasteiger partial charge is 0.481 e. The molecule has 264 valence electrons. The predicted molar refractivity (Wildman–Crippen MR) is 173 cm³/mol. The van der Waals surface area contributed by atoms with E-state index in [1.807, 2.05) is 0 Å². The van der Waals surface area contributed by atoms with Crippen LogP contribution in [0.4, 0.5) is 0 Å². The van der Waals surface area contributed by atoms with Crippen LogP contribution in [-0.2, 0) is 33.6 Å². The molecule has 0 aromatic heterocycles. The first kappa shape index (κ1) is 41.0. The monoisotopic (exact) mass is 653 g/mol. The summed E-state index contributed by atoms with van der Waals surface area (Å²) >= 11 is 0. The molecule has 0 aliphatic carbocycles. The van der Waals surface area contributed by atoms with Crippen LogP contribution in [-0.4, -0.2) is 56.1 Å². The van der Waals surface area contributed by atoms with Gasteiger partial charge in [0, 0.05) is 25.7 Å². The number of carboxylic acids is 3. The highest BCUT2D eigenvalue weighted by Crippen LogP contribution is 2.35. The third-order valence-corrected chi connectivity index (χ3v) is 8.97. The zero-order valence-electron chi connectivity index (χ0n) is 27.9. The summed E-state index contributed by atoms with van der Waals surface area (Å²) in [6.07, 6.45) is 21.3. The number of carboxylic acid groups (broad SMARTS) is 3. The Morgan fingerprint density at radius 2 is 0.783 bits per heavy atom. The van der Waals surface area contributed by atoms with Crippen molar-refractivity contribution in [3.63, 3.8) is 0 Å². The number of hydroxylamine groups is 2. The van der Waals surface area contributed by atoms with Gasteiger partial charge in [-0.25, -0.2) is 4.79 Å². The van der Waals surface area contributed by atoms with Crippen molar-refractivity contribution >= 4 is 35.7 Å². The maximum atomic E-state index is 13.3. The first-order valence-corrected chi connectivity index (χ1v) is 17.9. The maximum absolute atomic E-state index is 13.3. The van der Waals surface area contributed by atoms with Gasteiger partial charge in [-0.3, -0.25) is 24.0 Å². The van der Waals surface area contributed by atoms with E-state index in [-0.39, 0.29) is 38.5 Å². The Labute approximate surface area is 274 Å². The lowest BCUT2D eigenvalue weighted by molar-refractivity contribution is -0.208. The normalized spacial score (nSPS) is 13.3. The van der Waals surface area contributed by atoms with Crippen molar-refractivity contribution in [2.45, 2.75) is 180 Å². The van der Waals surface area contributed by atoms with E-state index in [1.54, 1.807) is 0 Å². The highest BCUT2D eigenvalue weighted by molar-refractivity contribution is 6.04. The molecule has 0 aromatic rings. The molecular formula is C35H59NO10. The van der Waals surface area contributed by atoms with Crippen molar-refractivity contribution in [3.8, 4) is 0 Å². The fourth-order valence-electron chi connectivity index (χ4n) is 6.05. The molecule has 1 fully saturated rings. The summed E-state index contributed by atoms with van der Waals surface area (Å²) in [5.41, 5.74) is -1.80. The van der Waals surface area contributed by atoms with Gasteiger partial charge >= 0.3 is 23.9 Å². The molecule has 0 spiro atoms. The third kappa shape index (κ3) is 18.2. The molecule has 2 amide bonds. The third-order valence-electron chi connectivity index (χ3n) is 8.97. The lowest BCUT2D eigenvalue weighted by atomic mass is 9.77. The van der Waals surface area contributed by atoms with Gasteiger partial charge in [0.1, 0.15) is 0 Å². The van der Waals surface area contributed by atoms with Gasteiger partial charge in [0.25, 0.3) is 11.8 Å². The van der Waals surface area contributed by atoms with Crippen LogP contribution in [0.3, 0.4) is 0 Å². The molecule has 1 rings (SSSR count). The Morgan fingerprint density at radius 3 is 1.07 bits per heavy atom. The van der Waals surface area contributed by atoms with Gasteiger partial charge in [-0.2, -0.15) is 0 Å². The summed E-state index contributed by atoms with van der Waals surface area (Å²) in [6, 6.07) is 0. The maximum Gasteiger partial charge on any atom is 0.350 e. The summed E-state index contributed by atoms with van der Waals surface area (Å²) in [7, 11) is 0.